The standard InChI is InChI=1S/C20H19N3O4/c1-11(2)27-20(25)16-12(3)23-15(10-22)18(19(24)26-4)17(16)14-8-6-5-7-13(14)9-21/h5-8,11,17,23H,1-4H3. The zero-order valence-electron chi connectivity index (χ0n) is 15.5. The Labute approximate surface area is 157 Å². The number of nitrogens with zero attached hydrogens (tertiary/aromatic N) is 2. The van der Waals surface area contributed by atoms with Crippen molar-refractivity contribution in [2.24, 2.45) is 0 Å². The number of esters is 2. The summed E-state index contributed by atoms with van der Waals surface area (Å²) in [6.45, 7) is 5.03. The van der Waals surface area contributed by atoms with Crippen LogP contribution in [0.25, 0.3) is 0 Å². The van der Waals surface area contributed by atoms with Gasteiger partial charge in [-0.15, -0.1) is 0 Å². The normalized spacial score (nSPS) is 16.3. The van der Waals surface area contributed by atoms with Crippen molar-refractivity contribution in [3.05, 3.63) is 57.9 Å². The van der Waals surface area contributed by atoms with Crippen LogP contribution in [0.3, 0.4) is 0 Å². The molecule has 1 aromatic carbocycles. The van der Waals surface area contributed by atoms with Gasteiger partial charge in [0.1, 0.15) is 11.8 Å². The Balaban J connectivity index is 2.80. The molecule has 2 rings (SSSR count). The molecule has 1 aromatic rings. The van der Waals surface area contributed by atoms with Gasteiger partial charge in [0.2, 0.25) is 0 Å². The highest BCUT2D eigenvalue weighted by Gasteiger charge is 2.40. The first-order chi connectivity index (χ1) is 12.8. The highest BCUT2D eigenvalue weighted by Crippen LogP contribution is 2.40. The predicted octanol–water partition coefficient (Wildman–Crippen LogP) is 2.42. The van der Waals surface area contributed by atoms with Crippen LogP contribution in [0, 0.1) is 22.7 Å². The van der Waals surface area contributed by atoms with Gasteiger partial charge in [0.25, 0.3) is 0 Å². The number of hydrogen-bond acceptors (Lipinski definition) is 7. The number of carbonyl (C=O) groups is 2. The summed E-state index contributed by atoms with van der Waals surface area (Å²) in [5.41, 5.74) is 1.17. The number of rotatable bonds is 4. The minimum absolute atomic E-state index is 0.0295. The minimum Gasteiger partial charge on any atom is -0.466 e. The third-order valence-corrected chi connectivity index (χ3v) is 4.04. The van der Waals surface area contributed by atoms with Gasteiger partial charge in [0.15, 0.2) is 0 Å². The Morgan fingerprint density at radius 1 is 1.11 bits per heavy atom. The lowest BCUT2D eigenvalue weighted by molar-refractivity contribution is -0.143. The molecule has 7 nitrogen and oxygen atoms in total. The van der Waals surface area contributed by atoms with Crippen LogP contribution in [0.4, 0.5) is 0 Å². The van der Waals surface area contributed by atoms with Crippen molar-refractivity contribution in [3.8, 4) is 12.1 Å². The van der Waals surface area contributed by atoms with E-state index in [2.05, 4.69) is 11.4 Å². The van der Waals surface area contributed by atoms with Gasteiger partial charge in [-0.2, -0.15) is 10.5 Å². The van der Waals surface area contributed by atoms with Gasteiger partial charge in [-0.3, -0.25) is 0 Å². The minimum atomic E-state index is -0.963. The Kier molecular flexibility index (Phi) is 5.99. The molecule has 0 aromatic heterocycles. The summed E-state index contributed by atoms with van der Waals surface area (Å²) < 4.78 is 10.2. The first kappa shape index (κ1) is 19.7. The van der Waals surface area contributed by atoms with Crippen molar-refractivity contribution >= 4 is 11.9 Å². The van der Waals surface area contributed by atoms with Crippen molar-refractivity contribution in [1.29, 1.82) is 10.5 Å². The van der Waals surface area contributed by atoms with Gasteiger partial charge < -0.3 is 14.8 Å². The van der Waals surface area contributed by atoms with Crippen molar-refractivity contribution < 1.29 is 19.1 Å². The SMILES string of the molecule is COC(=O)C1=C(C#N)NC(C)=C(C(=O)OC(C)C)C1c1ccccc1C#N. The smallest absolute Gasteiger partial charge is 0.337 e. The molecule has 0 aliphatic carbocycles. The quantitative estimate of drug-likeness (QED) is 0.815. The van der Waals surface area contributed by atoms with Crippen LogP contribution in [0.15, 0.2) is 46.8 Å². The molecule has 1 N–H and O–H groups in total. The van der Waals surface area contributed by atoms with E-state index in [0.717, 1.165) is 0 Å². The van der Waals surface area contributed by atoms with Crippen LogP contribution >= 0.6 is 0 Å². The van der Waals surface area contributed by atoms with E-state index in [0.29, 0.717) is 11.3 Å². The predicted molar refractivity (Wildman–Crippen MR) is 95.6 cm³/mol. The average molecular weight is 365 g/mol. The van der Waals surface area contributed by atoms with Crippen LogP contribution in [0.2, 0.25) is 0 Å². The van der Waals surface area contributed by atoms with E-state index in [1.165, 1.54) is 7.11 Å². The summed E-state index contributed by atoms with van der Waals surface area (Å²) in [5, 5.41) is 21.8. The monoisotopic (exact) mass is 365 g/mol. The number of methoxy groups -OCH3 is 1. The first-order valence-electron chi connectivity index (χ1n) is 8.26. The van der Waals surface area contributed by atoms with Gasteiger partial charge in [0.05, 0.1) is 41.9 Å². The summed E-state index contributed by atoms with van der Waals surface area (Å²) in [6, 6.07) is 10.6. The van der Waals surface area contributed by atoms with E-state index >= 15 is 0 Å². The molecule has 1 atom stereocenters. The number of benzene rings is 1. The summed E-state index contributed by atoms with van der Waals surface area (Å²) in [5.74, 6) is -2.36. The molecule has 138 valence electrons. The molecular formula is C20H19N3O4. The Bertz CT molecular complexity index is 929. The molecule has 1 heterocycles. The lowest BCUT2D eigenvalue weighted by Gasteiger charge is -2.30. The number of carbonyl (C=O) groups excluding carboxylic acids is 2. The fraction of sp³-hybridized carbons (Fsp3) is 0.300. The number of nitrogens with one attached hydrogen (secondary N) is 1. The topological polar surface area (TPSA) is 112 Å². The van der Waals surface area contributed by atoms with Crippen LogP contribution in [-0.4, -0.2) is 25.2 Å². The highest BCUT2D eigenvalue weighted by atomic mass is 16.5. The van der Waals surface area contributed by atoms with Crippen LogP contribution in [0.5, 0.6) is 0 Å². The van der Waals surface area contributed by atoms with E-state index in [-0.39, 0.29) is 28.5 Å². The van der Waals surface area contributed by atoms with E-state index in [9.17, 15) is 20.1 Å². The van der Waals surface area contributed by atoms with Gasteiger partial charge in [-0.25, -0.2) is 9.59 Å². The first-order valence-corrected chi connectivity index (χ1v) is 8.26. The Hall–Kier alpha value is -3.58. The zero-order chi connectivity index (χ0) is 20.1. The van der Waals surface area contributed by atoms with E-state index in [4.69, 9.17) is 9.47 Å². The molecule has 1 aliphatic heterocycles. The van der Waals surface area contributed by atoms with E-state index < -0.39 is 17.9 Å². The van der Waals surface area contributed by atoms with Crippen LogP contribution in [0.1, 0.15) is 37.8 Å². The van der Waals surface area contributed by atoms with Crippen molar-refractivity contribution in [2.45, 2.75) is 32.8 Å². The number of hydrogen-bond donors (Lipinski definition) is 1. The average Bonchev–Trinajstić information content (AvgIpc) is 2.65. The Morgan fingerprint density at radius 2 is 1.78 bits per heavy atom. The fourth-order valence-electron chi connectivity index (χ4n) is 2.96. The molecule has 0 fully saturated rings. The molecule has 0 spiro atoms. The van der Waals surface area contributed by atoms with Gasteiger partial charge in [-0.1, -0.05) is 18.2 Å². The molecule has 1 unspecified atom stereocenters. The number of nitriles is 2. The van der Waals surface area contributed by atoms with E-state index in [1.807, 2.05) is 6.07 Å². The second-order valence-corrected chi connectivity index (χ2v) is 6.14. The highest BCUT2D eigenvalue weighted by molar-refractivity contribution is 6.00. The maximum Gasteiger partial charge on any atom is 0.337 e. The maximum absolute atomic E-state index is 12.8. The van der Waals surface area contributed by atoms with Crippen molar-refractivity contribution in [1.82, 2.24) is 5.32 Å². The summed E-state index contributed by atoms with van der Waals surface area (Å²) >= 11 is 0. The molecule has 0 radical (unpaired) electrons. The lowest BCUT2D eigenvalue weighted by atomic mass is 9.78. The molecule has 27 heavy (non-hydrogen) atoms. The summed E-state index contributed by atoms with van der Waals surface area (Å²) in [6.07, 6.45) is -0.382. The molecular weight excluding hydrogens is 346 g/mol. The zero-order valence-corrected chi connectivity index (χ0v) is 15.5. The molecule has 0 bridgehead atoms. The summed E-state index contributed by atoms with van der Waals surface area (Å²) in [7, 11) is 1.19. The second kappa shape index (κ2) is 8.20. The molecule has 0 saturated carbocycles. The van der Waals surface area contributed by atoms with Crippen molar-refractivity contribution in [3.63, 3.8) is 0 Å². The summed E-state index contributed by atoms with van der Waals surface area (Å²) in [4.78, 5) is 25.3. The molecule has 0 saturated heterocycles. The maximum atomic E-state index is 12.8. The third kappa shape index (κ3) is 3.83. The fourth-order valence-corrected chi connectivity index (χ4v) is 2.96. The van der Waals surface area contributed by atoms with Crippen LogP contribution < -0.4 is 5.32 Å². The number of allylic oxidation sites excluding steroid dienone is 2. The third-order valence-electron chi connectivity index (χ3n) is 4.04. The molecule has 7 heteroatoms. The molecule has 1 aliphatic rings. The van der Waals surface area contributed by atoms with Gasteiger partial charge in [-0.05, 0) is 32.4 Å². The number of ether oxygens (including phenoxy) is 2. The van der Waals surface area contributed by atoms with E-state index in [1.54, 1.807) is 45.0 Å². The number of dihydropyridines is 1. The Morgan fingerprint density at radius 3 is 2.33 bits per heavy atom. The van der Waals surface area contributed by atoms with Crippen LogP contribution in [-0.2, 0) is 19.1 Å². The lowest BCUT2D eigenvalue weighted by Crippen LogP contribution is -2.33. The van der Waals surface area contributed by atoms with Gasteiger partial charge in [0, 0.05) is 5.70 Å². The largest absolute Gasteiger partial charge is 0.466 e. The van der Waals surface area contributed by atoms with Gasteiger partial charge >= 0.3 is 11.9 Å². The van der Waals surface area contributed by atoms with Crippen molar-refractivity contribution in [2.75, 3.05) is 7.11 Å². The molecule has 0 amide bonds. The second-order valence-electron chi connectivity index (χ2n) is 6.14.